The smallest absolute Gasteiger partial charge is 0.166 e. The summed E-state index contributed by atoms with van der Waals surface area (Å²) < 4.78 is 19.9. The van der Waals surface area contributed by atoms with Crippen molar-refractivity contribution in [2.24, 2.45) is 0 Å². The van der Waals surface area contributed by atoms with E-state index in [1.165, 1.54) is 11.6 Å². The number of halogens is 2. The molecule has 0 aliphatic heterocycles. The van der Waals surface area contributed by atoms with Gasteiger partial charge in [0.05, 0.1) is 0 Å². The van der Waals surface area contributed by atoms with E-state index in [-0.39, 0.29) is 11.6 Å². The predicted octanol–water partition coefficient (Wildman–Crippen LogP) is 4.67. The second-order valence-corrected chi connectivity index (χ2v) is 6.13. The minimum absolute atomic E-state index is 0.268. The summed E-state index contributed by atoms with van der Waals surface area (Å²) in [5.74, 6) is -0.0917. The van der Waals surface area contributed by atoms with Crippen LogP contribution in [0, 0.1) is 5.82 Å². The predicted molar refractivity (Wildman–Crippen MR) is 86.8 cm³/mol. The molecule has 0 aliphatic rings. The maximum Gasteiger partial charge on any atom is 0.166 e. The second kappa shape index (κ2) is 7.57. The van der Waals surface area contributed by atoms with Gasteiger partial charge >= 0.3 is 0 Å². The van der Waals surface area contributed by atoms with Crippen LogP contribution in [0.15, 0.2) is 46.9 Å². The van der Waals surface area contributed by atoms with Crippen LogP contribution < -0.4 is 10.1 Å². The molecule has 0 amide bonds. The van der Waals surface area contributed by atoms with Gasteiger partial charge in [0, 0.05) is 17.1 Å². The van der Waals surface area contributed by atoms with E-state index >= 15 is 0 Å². The van der Waals surface area contributed by atoms with Crippen molar-refractivity contribution in [3.8, 4) is 5.75 Å². The number of hydrogen-bond donors (Lipinski definition) is 1. The van der Waals surface area contributed by atoms with Crippen molar-refractivity contribution < 1.29 is 9.13 Å². The topological polar surface area (TPSA) is 21.3 Å². The first kappa shape index (κ1) is 16.0. The van der Waals surface area contributed by atoms with E-state index in [9.17, 15) is 4.39 Å². The van der Waals surface area contributed by atoms with Crippen molar-refractivity contribution in [3.05, 3.63) is 63.9 Å². The number of ether oxygens (including phenoxy) is 1. The van der Waals surface area contributed by atoms with E-state index in [4.69, 9.17) is 4.74 Å². The van der Waals surface area contributed by atoms with Crippen LogP contribution in [0.4, 0.5) is 4.39 Å². The zero-order chi connectivity index (χ0) is 15.2. The quantitative estimate of drug-likeness (QED) is 0.816. The van der Waals surface area contributed by atoms with E-state index in [0.29, 0.717) is 17.1 Å². The van der Waals surface area contributed by atoms with Crippen LogP contribution in [-0.4, -0.2) is 6.04 Å². The van der Waals surface area contributed by atoms with Crippen LogP contribution in [0.3, 0.4) is 0 Å². The van der Waals surface area contributed by atoms with Gasteiger partial charge in [0.25, 0.3) is 0 Å². The fraction of sp³-hybridized carbons (Fsp3) is 0.294. The standard InChI is InChI=1S/C17H19BrFNO/c1-12(2)20-10-13-4-3-5-14(8-13)11-21-17-7-6-15(18)9-16(17)19/h3-9,12,20H,10-11H2,1-2H3. The zero-order valence-electron chi connectivity index (χ0n) is 12.2. The van der Waals surface area contributed by atoms with E-state index in [1.54, 1.807) is 12.1 Å². The molecule has 0 spiro atoms. The lowest BCUT2D eigenvalue weighted by molar-refractivity contribution is 0.290. The monoisotopic (exact) mass is 351 g/mol. The molecule has 4 heteroatoms. The van der Waals surface area contributed by atoms with Gasteiger partial charge in [-0.05, 0) is 29.3 Å². The maximum atomic E-state index is 13.7. The minimum Gasteiger partial charge on any atom is -0.486 e. The Morgan fingerprint density at radius 3 is 2.62 bits per heavy atom. The van der Waals surface area contributed by atoms with Crippen molar-refractivity contribution in [3.63, 3.8) is 0 Å². The molecule has 0 saturated heterocycles. The average Bonchev–Trinajstić information content (AvgIpc) is 2.45. The van der Waals surface area contributed by atoms with Gasteiger partial charge in [0.15, 0.2) is 11.6 Å². The van der Waals surface area contributed by atoms with Gasteiger partial charge in [-0.1, -0.05) is 54.0 Å². The molecule has 1 N–H and O–H groups in total. The average molecular weight is 352 g/mol. The van der Waals surface area contributed by atoms with Gasteiger partial charge in [-0.3, -0.25) is 0 Å². The fourth-order valence-corrected chi connectivity index (χ4v) is 2.24. The Bertz CT molecular complexity index is 601. The molecule has 0 saturated carbocycles. The van der Waals surface area contributed by atoms with Gasteiger partial charge in [-0.25, -0.2) is 4.39 Å². The molecule has 0 radical (unpaired) electrons. The molecule has 112 valence electrons. The van der Waals surface area contributed by atoms with Gasteiger partial charge in [0.2, 0.25) is 0 Å². The largest absolute Gasteiger partial charge is 0.486 e. The molecule has 0 aromatic heterocycles. The van der Waals surface area contributed by atoms with Crippen LogP contribution in [-0.2, 0) is 13.2 Å². The highest BCUT2D eigenvalue weighted by Crippen LogP contribution is 2.22. The molecular formula is C17H19BrFNO. The van der Waals surface area contributed by atoms with Crippen LogP contribution in [0.1, 0.15) is 25.0 Å². The summed E-state index contributed by atoms with van der Waals surface area (Å²) in [5.41, 5.74) is 2.22. The van der Waals surface area contributed by atoms with Crippen LogP contribution in [0.2, 0.25) is 0 Å². The van der Waals surface area contributed by atoms with Crippen molar-refractivity contribution in [2.75, 3.05) is 0 Å². The number of rotatable bonds is 6. The molecule has 0 atom stereocenters. The third-order valence-corrected chi connectivity index (χ3v) is 3.49. The van der Waals surface area contributed by atoms with Crippen molar-refractivity contribution in [1.82, 2.24) is 5.32 Å². The fourth-order valence-electron chi connectivity index (χ4n) is 1.90. The van der Waals surface area contributed by atoms with E-state index < -0.39 is 0 Å². The molecule has 2 rings (SSSR count). The molecule has 0 aliphatic carbocycles. The van der Waals surface area contributed by atoms with E-state index in [0.717, 1.165) is 12.1 Å². The Morgan fingerprint density at radius 2 is 1.90 bits per heavy atom. The first-order valence-corrected chi connectivity index (χ1v) is 7.73. The lowest BCUT2D eigenvalue weighted by Crippen LogP contribution is -2.21. The Labute approximate surface area is 133 Å². The normalized spacial score (nSPS) is 10.9. The molecule has 2 aromatic carbocycles. The van der Waals surface area contributed by atoms with Gasteiger partial charge < -0.3 is 10.1 Å². The van der Waals surface area contributed by atoms with Gasteiger partial charge in [0.1, 0.15) is 6.61 Å². The lowest BCUT2D eigenvalue weighted by atomic mass is 10.1. The van der Waals surface area contributed by atoms with Crippen molar-refractivity contribution >= 4 is 15.9 Å². The summed E-state index contributed by atoms with van der Waals surface area (Å²) >= 11 is 3.23. The van der Waals surface area contributed by atoms with Crippen molar-refractivity contribution in [2.45, 2.75) is 33.0 Å². The number of nitrogens with one attached hydrogen (secondary N) is 1. The van der Waals surface area contributed by atoms with Gasteiger partial charge in [-0.15, -0.1) is 0 Å². The third-order valence-electron chi connectivity index (χ3n) is 2.99. The van der Waals surface area contributed by atoms with E-state index in [2.05, 4.69) is 47.2 Å². The molecule has 2 nitrogen and oxygen atoms in total. The van der Waals surface area contributed by atoms with Crippen LogP contribution >= 0.6 is 15.9 Å². The summed E-state index contributed by atoms with van der Waals surface area (Å²) in [4.78, 5) is 0. The maximum absolute atomic E-state index is 13.7. The van der Waals surface area contributed by atoms with Gasteiger partial charge in [-0.2, -0.15) is 0 Å². The first-order valence-electron chi connectivity index (χ1n) is 6.93. The molecule has 0 fully saturated rings. The third kappa shape index (κ3) is 5.14. The summed E-state index contributed by atoms with van der Waals surface area (Å²) in [6, 6.07) is 13.4. The lowest BCUT2D eigenvalue weighted by Gasteiger charge is -2.11. The highest BCUT2D eigenvalue weighted by atomic mass is 79.9. The Hall–Kier alpha value is -1.39. The highest BCUT2D eigenvalue weighted by molar-refractivity contribution is 9.10. The van der Waals surface area contributed by atoms with E-state index in [1.807, 2.05) is 12.1 Å². The van der Waals surface area contributed by atoms with Crippen LogP contribution in [0.5, 0.6) is 5.75 Å². The zero-order valence-corrected chi connectivity index (χ0v) is 13.8. The number of benzene rings is 2. The molecule has 21 heavy (non-hydrogen) atoms. The summed E-state index contributed by atoms with van der Waals surface area (Å²) in [5, 5.41) is 3.37. The molecule has 0 heterocycles. The molecule has 0 bridgehead atoms. The summed E-state index contributed by atoms with van der Waals surface area (Å²) in [7, 11) is 0. The summed E-state index contributed by atoms with van der Waals surface area (Å²) in [6.45, 7) is 5.40. The second-order valence-electron chi connectivity index (χ2n) is 5.22. The van der Waals surface area contributed by atoms with Crippen LogP contribution in [0.25, 0.3) is 0 Å². The summed E-state index contributed by atoms with van der Waals surface area (Å²) in [6.07, 6.45) is 0. The molecule has 2 aromatic rings. The molecular weight excluding hydrogens is 333 g/mol. The minimum atomic E-state index is -0.359. The number of hydrogen-bond acceptors (Lipinski definition) is 2. The Kier molecular flexibility index (Phi) is 5.76. The Balaban J connectivity index is 1.98. The Morgan fingerprint density at radius 1 is 1.14 bits per heavy atom. The SMILES string of the molecule is CC(C)NCc1cccc(COc2ccc(Br)cc2F)c1. The highest BCUT2D eigenvalue weighted by Gasteiger charge is 2.05. The molecule has 0 unspecified atom stereocenters. The van der Waals surface area contributed by atoms with Crippen molar-refractivity contribution in [1.29, 1.82) is 0 Å². The first-order chi connectivity index (χ1) is 10.0.